The second-order valence-corrected chi connectivity index (χ2v) is 11.6. The summed E-state index contributed by atoms with van der Waals surface area (Å²) >= 11 is 5.95. The van der Waals surface area contributed by atoms with Crippen LogP contribution in [0.5, 0.6) is 0 Å². The van der Waals surface area contributed by atoms with E-state index < -0.39 is 16.0 Å². The van der Waals surface area contributed by atoms with Crippen LogP contribution in [0.1, 0.15) is 49.3 Å². The lowest BCUT2D eigenvalue weighted by Crippen LogP contribution is -2.35. The summed E-state index contributed by atoms with van der Waals surface area (Å²) in [5.41, 5.74) is 3.87. The highest BCUT2D eigenvalue weighted by atomic mass is 35.5. The third kappa shape index (κ3) is 9.81. The number of hydrogen-bond acceptors (Lipinski definition) is 7. The summed E-state index contributed by atoms with van der Waals surface area (Å²) in [6.07, 6.45) is 7.70. The first-order valence-electron chi connectivity index (χ1n) is 13.4. The molecule has 0 radical (unpaired) electrons. The molecule has 218 valence electrons. The first-order valence-corrected chi connectivity index (χ1v) is 15.2. The van der Waals surface area contributed by atoms with Crippen LogP contribution in [-0.4, -0.2) is 56.5 Å². The van der Waals surface area contributed by atoms with E-state index in [1.165, 1.54) is 35.7 Å². The summed E-state index contributed by atoms with van der Waals surface area (Å²) in [6, 6.07) is 17.7. The predicted molar refractivity (Wildman–Crippen MR) is 159 cm³/mol. The Morgan fingerprint density at radius 1 is 0.951 bits per heavy atom. The molecular formula is C31H35ClN2O6S. The summed E-state index contributed by atoms with van der Waals surface area (Å²) in [7, 11) is -2.48. The van der Waals surface area contributed by atoms with Gasteiger partial charge >= 0.3 is 11.9 Å². The van der Waals surface area contributed by atoms with Crippen molar-refractivity contribution in [2.24, 2.45) is 0 Å². The van der Waals surface area contributed by atoms with Gasteiger partial charge in [0.05, 0.1) is 25.0 Å². The normalized spacial score (nSPS) is 11.9. The molecule has 1 heterocycles. The van der Waals surface area contributed by atoms with Crippen molar-refractivity contribution in [2.75, 3.05) is 26.8 Å². The zero-order chi connectivity index (χ0) is 29.7. The number of hydrogen-bond donors (Lipinski definition) is 0. The number of esters is 2. The SMILES string of the molecule is CCOC(=O)CCN(CCc1ccc(/C(=C\CCCC(=O)OC)c2cccnc2)cc1)S(=O)(=O)c1ccc(Cl)cc1. The highest BCUT2D eigenvalue weighted by Crippen LogP contribution is 2.25. The van der Waals surface area contributed by atoms with Crippen molar-refractivity contribution >= 4 is 39.1 Å². The molecule has 0 saturated carbocycles. The fourth-order valence-corrected chi connectivity index (χ4v) is 5.75. The number of rotatable bonds is 15. The number of benzene rings is 2. The molecule has 0 aliphatic heterocycles. The van der Waals surface area contributed by atoms with Gasteiger partial charge in [-0.2, -0.15) is 4.31 Å². The number of ether oxygens (including phenoxy) is 2. The van der Waals surface area contributed by atoms with Crippen molar-refractivity contribution < 1.29 is 27.5 Å². The topological polar surface area (TPSA) is 103 Å². The minimum atomic E-state index is -3.86. The molecule has 8 nitrogen and oxygen atoms in total. The highest BCUT2D eigenvalue weighted by Gasteiger charge is 2.25. The number of carbonyl (C=O) groups is 2. The molecule has 0 atom stereocenters. The number of pyridine rings is 1. The van der Waals surface area contributed by atoms with Crippen LogP contribution in [0.15, 0.2) is 84.0 Å². The monoisotopic (exact) mass is 598 g/mol. The predicted octanol–water partition coefficient (Wildman–Crippen LogP) is 5.70. The number of halogens is 1. The van der Waals surface area contributed by atoms with E-state index in [9.17, 15) is 18.0 Å². The molecule has 0 amide bonds. The van der Waals surface area contributed by atoms with Crippen molar-refractivity contribution in [1.82, 2.24) is 9.29 Å². The maximum absolute atomic E-state index is 13.4. The average Bonchev–Trinajstić information content (AvgIpc) is 2.98. The van der Waals surface area contributed by atoms with Crippen LogP contribution in [0.2, 0.25) is 5.02 Å². The van der Waals surface area contributed by atoms with Crippen molar-refractivity contribution in [1.29, 1.82) is 0 Å². The number of sulfonamides is 1. The molecule has 2 aromatic carbocycles. The van der Waals surface area contributed by atoms with E-state index in [-0.39, 0.29) is 37.0 Å². The number of carbonyl (C=O) groups excluding carboxylic acids is 2. The second kappa shape index (κ2) is 16.0. The minimum absolute atomic E-state index is 0.00133. The molecule has 0 spiro atoms. The Morgan fingerprint density at radius 2 is 1.68 bits per heavy atom. The molecule has 0 unspecified atom stereocenters. The zero-order valence-corrected chi connectivity index (χ0v) is 24.9. The quantitative estimate of drug-likeness (QED) is 0.163. The Bertz CT molecular complexity index is 1410. The Balaban J connectivity index is 1.77. The number of nitrogens with zero attached hydrogens (tertiary/aromatic N) is 2. The van der Waals surface area contributed by atoms with Crippen LogP contribution in [0.4, 0.5) is 0 Å². The van der Waals surface area contributed by atoms with Gasteiger partial charge in [-0.3, -0.25) is 14.6 Å². The molecule has 0 N–H and O–H groups in total. The van der Waals surface area contributed by atoms with Crippen LogP contribution in [0.3, 0.4) is 0 Å². The fourth-order valence-electron chi connectivity index (χ4n) is 4.18. The van der Waals surface area contributed by atoms with Crippen LogP contribution in [-0.2, 0) is 35.5 Å². The minimum Gasteiger partial charge on any atom is -0.469 e. The third-order valence-electron chi connectivity index (χ3n) is 6.37. The van der Waals surface area contributed by atoms with Gasteiger partial charge < -0.3 is 9.47 Å². The van der Waals surface area contributed by atoms with Crippen LogP contribution in [0, 0.1) is 0 Å². The van der Waals surface area contributed by atoms with Gasteiger partial charge in [0, 0.05) is 42.5 Å². The lowest BCUT2D eigenvalue weighted by Gasteiger charge is -2.22. The smallest absolute Gasteiger partial charge is 0.307 e. The molecule has 0 saturated heterocycles. The maximum Gasteiger partial charge on any atom is 0.307 e. The van der Waals surface area contributed by atoms with E-state index in [4.69, 9.17) is 21.1 Å². The number of methoxy groups -OCH3 is 1. The van der Waals surface area contributed by atoms with Gasteiger partial charge in [0.1, 0.15) is 0 Å². The van der Waals surface area contributed by atoms with Crippen LogP contribution < -0.4 is 0 Å². The summed E-state index contributed by atoms with van der Waals surface area (Å²) in [6.45, 7) is 2.13. The number of allylic oxidation sites excluding steroid dienone is 1. The van der Waals surface area contributed by atoms with Gasteiger partial charge in [-0.25, -0.2) is 8.42 Å². The Labute approximate surface area is 247 Å². The molecule has 0 aliphatic carbocycles. The van der Waals surface area contributed by atoms with E-state index in [0.29, 0.717) is 30.7 Å². The number of aromatic nitrogens is 1. The molecule has 1 aromatic heterocycles. The van der Waals surface area contributed by atoms with Gasteiger partial charge in [0.2, 0.25) is 10.0 Å². The van der Waals surface area contributed by atoms with Crippen molar-refractivity contribution in [2.45, 2.75) is 43.9 Å². The summed E-state index contributed by atoms with van der Waals surface area (Å²) in [4.78, 5) is 27.8. The van der Waals surface area contributed by atoms with Crippen molar-refractivity contribution in [3.8, 4) is 0 Å². The van der Waals surface area contributed by atoms with E-state index in [1.54, 1.807) is 19.3 Å². The molecule has 3 rings (SSSR count). The van der Waals surface area contributed by atoms with Gasteiger partial charge in [-0.1, -0.05) is 48.0 Å². The summed E-state index contributed by atoms with van der Waals surface area (Å²) in [5.74, 6) is -0.686. The van der Waals surface area contributed by atoms with Gasteiger partial charge in [-0.15, -0.1) is 0 Å². The Morgan fingerprint density at radius 3 is 2.32 bits per heavy atom. The van der Waals surface area contributed by atoms with E-state index in [1.807, 2.05) is 36.4 Å². The van der Waals surface area contributed by atoms with Crippen molar-refractivity contribution in [3.05, 3.63) is 101 Å². The highest BCUT2D eigenvalue weighted by molar-refractivity contribution is 7.89. The first kappa shape index (κ1) is 32.0. The maximum atomic E-state index is 13.4. The first-order chi connectivity index (χ1) is 19.7. The lowest BCUT2D eigenvalue weighted by molar-refractivity contribution is -0.143. The zero-order valence-electron chi connectivity index (χ0n) is 23.3. The lowest BCUT2D eigenvalue weighted by atomic mass is 9.96. The fraction of sp³-hybridized carbons (Fsp3) is 0.323. The molecule has 0 bridgehead atoms. The van der Waals surface area contributed by atoms with Gasteiger partial charge in [-0.05, 0) is 73.2 Å². The van der Waals surface area contributed by atoms with E-state index in [2.05, 4.69) is 11.1 Å². The standard InChI is InChI=1S/C31H35ClN2O6S/c1-3-40-31(36)19-22-34(41(37,38)28-16-14-27(32)15-17-28)21-18-24-10-12-25(13-11-24)29(26-7-6-20-33-23-26)8-4-5-9-30(35)39-2/h6-8,10-17,20,23H,3-5,9,18-19,21-22H2,1-2H3/b29-8+. The van der Waals surface area contributed by atoms with Gasteiger partial charge in [0.25, 0.3) is 0 Å². The number of unbranched alkanes of at least 4 members (excludes halogenated alkanes) is 1. The average molecular weight is 599 g/mol. The largest absolute Gasteiger partial charge is 0.469 e. The van der Waals surface area contributed by atoms with Crippen LogP contribution in [0.25, 0.3) is 5.57 Å². The molecule has 10 heteroatoms. The van der Waals surface area contributed by atoms with E-state index in [0.717, 1.165) is 22.3 Å². The molecule has 41 heavy (non-hydrogen) atoms. The van der Waals surface area contributed by atoms with Crippen LogP contribution >= 0.6 is 11.6 Å². The third-order valence-corrected chi connectivity index (χ3v) is 8.54. The molecule has 0 fully saturated rings. The second-order valence-electron chi connectivity index (χ2n) is 9.19. The van der Waals surface area contributed by atoms with E-state index >= 15 is 0 Å². The Hall–Kier alpha value is -3.53. The Kier molecular flexibility index (Phi) is 12.5. The summed E-state index contributed by atoms with van der Waals surface area (Å²) < 4.78 is 37.9. The van der Waals surface area contributed by atoms with Gasteiger partial charge in [0.15, 0.2) is 0 Å². The summed E-state index contributed by atoms with van der Waals surface area (Å²) in [5, 5.41) is 0.435. The van der Waals surface area contributed by atoms with Crippen molar-refractivity contribution in [3.63, 3.8) is 0 Å². The molecule has 3 aromatic rings. The molecule has 0 aliphatic rings. The molecular weight excluding hydrogens is 564 g/mol.